The van der Waals surface area contributed by atoms with Crippen LogP contribution in [0.5, 0.6) is 0 Å². The summed E-state index contributed by atoms with van der Waals surface area (Å²) in [5, 5.41) is 5.28. The maximum absolute atomic E-state index is 13.8. The summed E-state index contributed by atoms with van der Waals surface area (Å²) in [7, 11) is 0. The van der Waals surface area contributed by atoms with Gasteiger partial charge in [0.05, 0.1) is 0 Å². The highest BCUT2D eigenvalue weighted by Gasteiger charge is 2.14. The first-order chi connectivity index (χ1) is 12.9. The molecule has 2 N–H and O–H groups in total. The van der Waals surface area contributed by atoms with Gasteiger partial charge >= 0.3 is 0 Å². The van der Waals surface area contributed by atoms with E-state index in [0.717, 1.165) is 23.3 Å². The summed E-state index contributed by atoms with van der Waals surface area (Å²) in [5.74, 6) is -2.00. The van der Waals surface area contributed by atoms with Crippen LogP contribution in [0.15, 0.2) is 48.5 Å². The van der Waals surface area contributed by atoms with Crippen molar-refractivity contribution < 1.29 is 13.6 Å². The van der Waals surface area contributed by atoms with Crippen LogP contribution in [0, 0.1) is 25.5 Å². The summed E-state index contributed by atoms with van der Waals surface area (Å²) in [6.07, 6.45) is 0. The Morgan fingerprint density at radius 2 is 1.70 bits per heavy atom. The average molecular weight is 368 g/mol. The topological polar surface area (TPSA) is 66.9 Å². The number of aryl methyl sites for hydroxylation is 2. The molecule has 3 aromatic rings. The van der Waals surface area contributed by atoms with Crippen LogP contribution in [0.2, 0.25) is 0 Å². The van der Waals surface area contributed by atoms with E-state index in [1.807, 2.05) is 31.2 Å². The molecule has 0 unspecified atom stereocenters. The van der Waals surface area contributed by atoms with Crippen molar-refractivity contribution >= 4 is 17.5 Å². The molecule has 1 amide bonds. The number of halogens is 2. The predicted octanol–water partition coefficient (Wildman–Crippen LogP) is 4.05. The van der Waals surface area contributed by atoms with Crippen LogP contribution in [0.1, 0.15) is 27.3 Å². The number of carbonyl (C=O) groups is 1. The molecule has 0 saturated carbocycles. The lowest BCUT2D eigenvalue weighted by atomic mass is 10.1. The quantitative estimate of drug-likeness (QED) is 0.713. The minimum Gasteiger partial charge on any atom is -0.347 e. The second-order valence-electron chi connectivity index (χ2n) is 6.11. The first-order valence-electron chi connectivity index (χ1n) is 8.33. The first-order valence-corrected chi connectivity index (χ1v) is 8.33. The fourth-order valence-corrected chi connectivity index (χ4v) is 2.56. The number of para-hydroxylation sites is 1. The highest BCUT2D eigenvalue weighted by molar-refractivity contribution is 5.92. The van der Waals surface area contributed by atoms with E-state index >= 15 is 0 Å². The van der Waals surface area contributed by atoms with E-state index in [1.54, 1.807) is 6.92 Å². The molecular weight excluding hydrogens is 350 g/mol. The SMILES string of the molecule is Cc1cccc(CNC(=O)c2cc(C)nc(Nc3c(F)cccc3F)n2)c1. The number of nitrogens with zero attached hydrogens (tertiary/aromatic N) is 2. The van der Waals surface area contributed by atoms with Gasteiger partial charge in [-0.1, -0.05) is 35.9 Å². The molecule has 1 heterocycles. The van der Waals surface area contributed by atoms with Crippen LogP contribution in [0.4, 0.5) is 20.4 Å². The van der Waals surface area contributed by atoms with Crippen molar-refractivity contribution in [2.45, 2.75) is 20.4 Å². The van der Waals surface area contributed by atoms with Crippen molar-refractivity contribution in [3.05, 3.63) is 82.7 Å². The molecule has 0 spiro atoms. The smallest absolute Gasteiger partial charge is 0.270 e. The zero-order valence-corrected chi connectivity index (χ0v) is 14.9. The predicted molar refractivity (Wildman–Crippen MR) is 98.8 cm³/mol. The Bertz CT molecular complexity index is 971. The van der Waals surface area contributed by atoms with E-state index in [1.165, 1.54) is 12.1 Å². The Morgan fingerprint density at radius 1 is 1.00 bits per heavy atom. The van der Waals surface area contributed by atoms with E-state index in [0.29, 0.717) is 12.2 Å². The standard InChI is InChI=1S/C20H18F2N4O/c1-12-5-3-6-14(9-12)11-23-19(27)17-10-13(2)24-20(25-17)26-18-15(21)7-4-8-16(18)22/h3-10H,11H2,1-2H3,(H,23,27)(H,24,25,26). The maximum Gasteiger partial charge on any atom is 0.270 e. The summed E-state index contributed by atoms with van der Waals surface area (Å²) in [6.45, 7) is 3.98. The summed E-state index contributed by atoms with van der Waals surface area (Å²) >= 11 is 0. The van der Waals surface area contributed by atoms with Gasteiger partial charge < -0.3 is 10.6 Å². The third kappa shape index (κ3) is 4.63. The number of rotatable bonds is 5. The molecular formula is C20H18F2N4O. The van der Waals surface area contributed by atoms with E-state index in [2.05, 4.69) is 20.6 Å². The monoisotopic (exact) mass is 368 g/mol. The summed E-state index contributed by atoms with van der Waals surface area (Å²) in [5.41, 5.74) is 2.28. The number of benzene rings is 2. The first kappa shape index (κ1) is 18.4. The Morgan fingerprint density at radius 3 is 2.41 bits per heavy atom. The number of hydrogen-bond donors (Lipinski definition) is 2. The second kappa shape index (κ2) is 7.90. The van der Waals surface area contributed by atoms with Crippen LogP contribution < -0.4 is 10.6 Å². The van der Waals surface area contributed by atoms with Crippen molar-refractivity contribution in [3.8, 4) is 0 Å². The molecule has 1 aromatic heterocycles. The number of nitrogens with one attached hydrogen (secondary N) is 2. The molecule has 3 rings (SSSR count). The van der Waals surface area contributed by atoms with Gasteiger partial charge in [-0.3, -0.25) is 4.79 Å². The van der Waals surface area contributed by atoms with Crippen molar-refractivity contribution in [1.29, 1.82) is 0 Å². The third-order valence-electron chi connectivity index (χ3n) is 3.82. The van der Waals surface area contributed by atoms with Gasteiger partial charge in [0.25, 0.3) is 5.91 Å². The minimum atomic E-state index is -0.773. The number of hydrogen-bond acceptors (Lipinski definition) is 4. The van der Waals surface area contributed by atoms with Gasteiger partial charge in [-0.25, -0.2) is 18.7 Å². The zero-order valence-electron chi connectivity index (χ0n) is 14.9. The molecule has 0 radical (unpaired) electrons. The van der Waals surface area contributed by atoms with Gasteiger partial charge in [-0.15, -0.1) is 0 Å². The third-order valence-corrected chi connectivity index (χ3v) is 3.82. The number of amides is 1. The molecule has 27 heavy (non-hydrogen) atoms. The van der Waals surface area contributed by atoms with Crippen molar-refractivity contribution in [1.82, 2.24) is 15.3 Å². The highest BCUT2D eigenvalue weighted by atomic mass is 19.1. The van der Waals surface area contributed by atoms with Crippen LogP contribution in [0.25, 0.3) is 0 Å². The van der Waals surface area contributed by atoms with E-state index in [9.17, 15) is 13.6 Å². The van der Waals surface area contributed by atoms with Crippen molar-refractivity contribution in [2.24, 2.45) is 0 Å². The van der Waals surface area contributed by atoms with Crippen LogP contribution in [-0.2, 0) is 6.54 Å². The van der Waals surface area contributed by atoms with Gasteiger partial charge in [0.1, 0.15) is 23.0 Å². The summed E-state index contributed by atoms with van der Waals surface area (Å²) < 4.78 is 27.6. The Balaban J connectivity index is 1.77. The summed E-state index contributed by atoms with van der Waals surface area (Å²) in [6, 6.07) is 12.8. The van der Waals surface area contributed by atoms with Crippen molar-refractivity contribution in [3.63, 3.8) is 0 Å². The number of aromatic nitrogens is 2. The molecule has 138 valence electrons. The molecule has 0 atom stereocenters. The molecule has 2 aromatic carbocycles. The summed E-state index contributed by atoms with van der Waals surface area (Å²) in [4.78, 5) is 20.6. The van der Waals surface area contributed by atoms with E-state index in [4.69, 9.17) is 0 Å². The molecule has 0 aliphatic carbocycles. The average Bonchev–Trinajstić information content (AvgIpc) is 2.62. The molecule has 0 saturated heterocycles. The van der Waals surface area contributed by atoms with E-state index in [-0.39, 0.29) is 17.3 Å². The fourth-order valence-electron chi connectivity index (χ4n) is 2.56. The molecule has 0 bridgehead atoms. The lowest BCUT2D eigenvalue weighted by Gasteiger charge is -2.10. The molecule has 7 heteroatoms. The van der Waals surface area contributed by atoms with Crippen LogP contribution in [-0.4, -0.2) is 15.9 Å². The largest absolute Gasteiger partial charge is 0.347 e. The number of anilines is 2. The second-order valence-corrected chi connectivity index (χ2v) is 6.11. The van der Waals surface area contributed by atoms with Gasteiger partial charge in [0.2, 0.25) is 5.95 Å². The molecule has 0 aliphatic rings. The Hall–Kier alpha value is -3.35. The molecule has 0 fully saturated rings. The number of carbonyl (C=O) groups excluding carboxylic acids is 1. The lowest BCUT2D eigenvalue weighted by Crippen LogP contribution is -2.24. The van der Waals surface area contributed by atoms with Gasteiger partial charge in [-0.05, 0) is 37.6 Å². The molecule has 5 nitrogen and oxygen atoms in total. The maximum atomic E-state index is 13.8. The zero-order chi connectivity index (χ0) is 19.4. The Labute approximate surface area is 155 Å². The lowest BCUT2D eigenvalue weighted by molar-refractivity contribution is 0.0945. The van der Waals surface area contributed by atoms with Gasteiger partial charge in [-0.2, -0.15) is 0 Å². The van der Waals surface area contributed by atoms with Gasteiger partial charge in [0, 0.05) is 12.2 Å². The Kier molecular flexibility index (Phi) is 5.40. The van der Waals surface area contributed by atoms with Crippen LogP contribution >= 0.6 is 0 Å². The fraction of sp³-hybridized carbons (Fsp3) is 0.150. The van der Waals surface area contributed by atoms with Crippen molar-refractivity contribution in [2.75, 3.05) is 5.32 Å². The highest BCUT2D eigenvalue weighted by Crippen LogP contribution is 2.21. The molecule has 0 aliphatic heterocycles. The minimum absolute atomic E-state index is 0.0558. The normalized spacial score (nSPS) is 10.5. The van der Waals surface area contributed by atoms with Crippen LogP contribution in [0.3, 0.4) is 0 Å². The van der Waals surface area contributed by atoms with Gasteiger partial charge in [0.15, 0.2) is 0 Å². The van der Waals surface area contributed by atoms with E-state index < -0.39 is 17.5 Å².